The number of unbranched alkanes of at least 4 members (excludes halogenated alkanes) is 34. The molecule has 1 aliphatic carbocycles. The minimum Gasteiger partial charge on any atom is -0.462 e. The Hall–Kier alpha value is -1.15. The summed E-state index contributed by atoms with van der Waals surface area (Å²) in [6.07, 6.45) is 31.6. The standard InChI is InChI=1S/C51H99O13P/c1-3-5-7-9-11-13-15-17-18-19-20-21-22-23-24-25-26-28-30-32-34-36-38-40-45(53)63-43(42-62-65(59,60)64-51-49(57)47(55)46(54)48(56)50(51)58)41-61-44(52)39-37-35-33-31-29-27-16-14-12-10-8-6-4-2/h43,46-51,54-58H,3-42H2,1-2H3,(H,59,60). The summed E-state index contributed by atoms with van der Waals surface area (Å²) >= 11 is 0. The summed E-state index contributed by atoms with van der Waals surface area (Å²) in [5.41, 5.74) is 0. The average Bonchev–Trinajstić information content (AvgIpc) is 3.29. The van der Waals surface area contributed by atoms with Crippen molar-refractivity contribution in [1.82, 2.24) is 0 Å². The number of phosphoric acid groups is 1. The first-order valence-corrected chi connectivity index (χ1v) is 28.3. The number of esters is 2. The molecule has 0 aromatic rings. The van der Waals surface area contributed by atoms with E-state index >= 15 is 0 Å². The normalized spacial score (nSPS) is 21.3. The van der Waals surface area contributed by atoms with Crippen LogP contribution in [0.2, 0.25) is 0 Å². The molecular weight excluding hydrogens is 852 g/mol. The molecule has 1 rings (SSSR count). The topological polar surface area (TPSA) is 210 Å². The van der Waals surface area contributed by atoms with Gasteiger partial charge in [0, 0.05) is 12.8 Å². The number of hydrogen-bond acceptors (Lipinski definition) is 12. The number of ether oxygens (including phenoxy) is 2. The number of carbonyl (C=O) groups excluding carboxylic acids is 2. The molecule has 14 heteroatoms. The largest absolute Gasteiger partial charge is 0.472 e. The molecule has 0 bridgehead atoms. The van der Waals surface area contributed by atoms with E-state index in [1.54, 1.807) is 0 Å². The van der Waals surface area contributed by atoms with Crippen LogP contribution in [0, 0.1) is 0 Å². The highest BCUT2D eigenvalue weighted by Gasteiger charge is 2.51. The maximum Gasteiger partial charge on any atom is 0.472 e. The number of aliphatic hydroxyl groups excluding tert-OH is 5. The Labute approximate surface area is 395 Å². The molecule has 13 nitrogen and oxygen atoms in total. The fraction of sp³-hybridized carbons (Fsp3) is 0.961. The van der Waals surface area contributed by atoms with E-state index in [0.29, 0.717) is 12.8 Å². The molecule has 6 unspecified atom stereocenters. The Kier molecular flexibility index (Phi) is 39.8. The van der Waals surface area contributed by atoms with Crippen LogP contribution in [0.15, 0.2) is 0 Å². The van der Waals surface area contributed by atoms with E-state index in [0.717, 1.165) is 38.5 Å². The zero-order chi connectivity index (χ0) is 47.8. The molecule has 6 atom stereocenters. The maximum atomic E-state index is 12.8. The Bertz CT molecular complexity index is 1150. The molecule has 1 saturated carbocycles. The van der Waals surface area contributed by atoms with E-state index in [-0.39, 0.29) is 12.8 Å². The van der Waals surface area contributed by atoms with Crippen molar-refractivity contribution in [2.75, 3.05) is 13.2 Å². The zero-order valence-corrected chi connectivity index (χ0v) is 42.2. The van der Waals surface area contributed by atoms with Gasteiger partial charge in [-0.3, -0.25) is 18.6 Å². The van der Waals surface area contributed by atoms with Crippen molar-refractivity contribution < 1.29 is 63.1 Å². The lowest BCUT2D eigenvalue weighted by Crippen LogP contribution is -2.64. The molecule has 1 fully saturated rings. The number of aliphatic hydroxyl groups is 5. The monoisotopic (exact) mass is 951 g/mol. The third kappa shape index (κ3) is 33.9. The molecule has 386 valence electrons. The molecule has 6 N–H and O–H groups in total. The summed E-state index contributed by atoms with van der Waals surface area (Å²) in [4.78, 5) is 35.8. The predicted octanol–water partition coefficient (Wildman–Crippen LogP) is 11.6. The fourth-order valence-corrected chi connectivity index (χ4v) is 9.62. The van der Waals surface area contributed by atoms with Gasteiger partial charge in [0.05, 0.1) is 6.61 Å². The number of rotatable bonds is 46. The lowest BCUT2D eigenvalue weighted by Gasteiger charge is -2.41. The second-order valence-electron chi connectivity index (χ2n) is 19.1. The van der Waals surface area contributed by atoms with Gasteiger partial charge in [-0.25, -0.2) is 4.57 Å². The lowest BCUT2D eigenvalue weighted by molar-refractivity contribution is -0.220. The van der Waals surface area contributed by atoms with Gasteiger partial charge in [-0.05, 0) is 12.8 Å². The molecule has 0 aromatic carbocycles. The summed E-state index contributed by atoms with van der Waals surface area (Å²) in [7, 11) is -5.11. The van der Waals surface area contributed by atoms with E-state index in [4.69, 9.17) is 18.5 Å². The summed E-state index contributed by atoms with van der Waals surface area (Å²) < 4.78 is 33.7. The molecule has 65 heavy (non-hydrogen) atoms. The van der Waals surface area contributed by atoms with Crippen molar-refractivity contribution >= 4 is 19.8 Å². The summed E-state index contributed by atoms with van der Waals surface area (Å²) in [5, 5.41) is 50.3. The Morgan fingerprint density at radius 3 is 1.02 bits per heavy atom. The third-order valence-electron chi connectivity index (χ3n) is 12.9. The van der Waals surface area contributed by atoms with Gasteiger partial charge in [-0.2, -0.15) is 0 Å². The van der Waals surface area contributed by atoms with Gasteiger partial charge in [0.2, 0.25) is 0 Å². The quantitative estimate of drug-likeness (QED) is 0.0191. The molecule has 0 aliphatic heterocycles. The lowest BCUT2D eigenvalue weighted by atomic mass is 9.85. The van der Waals surface area contributed by atoms with E-state index < -0.39 is 75.7 Å². The van der Waals surface area contributed by atoms with Crippen LogP contribution in [0.3, 0.4) is 0 Å². The van der Waals surface area contributed by atoms with Crippen LogP contribution in [-0.2, 0) is 32.7 Å². The number of phosphoric ester groups is 1. The van der Waals surface area contributed by atoms with Gasteiger partial charge in [0.1, 0.15) is 43.2 Å². The highest BCUT2D eigenvalue weighted by molar-refractivity contribution is 7.47. The van der Waals surface area contributed by atoms with Gasteiger partial charge in [0.15, 0.2) is 6.10 Å². The van der Waals surface area contributed by atoms with Gasteiger partial charge in [0.25, 0.3) is 0 Å². The average molecular weight is 951 g/mol. The van der Waals surface area contributed by atoms with Crippen LogP contribution in [0.25, 0.3) is 0 Å². The van der Waals surface area contributed by atoms with Gasteiger partial charge < -0.3 is 39.9 Å². The Balaban J connectivity index is 2.32. The minimum atomic E-state index is -5.11. The summed E-state index contributed by atoms with van der Waals surface area (Å²) in [6, 6.07) is 0. The first kappa shape index (κ1) is 61.9. The van der Waals surface area contributed by atoms with Crippen molar-refractivity contribution in [3.8, 4) is 0 Å². The van der Waals surface area contributed by atoms with Gasteiger partial charge in [-0.1, -0.05) is 232 Å². The third-order valence-corrected chi connectivity index (χ3v) is 13.9. The van der Waals surface area contributed by atoms with Crippen molar-refractivity contribution in [2.24, 2.45) is 0 Å². The second-order valence-corrected chi connectivity index (χ2v) is 20.5. The minimum absolute atomic E-state index is 0.106. The molecule has 0 amide bonds. The fourth-order valence-electron chi connectivity index (χ4n) is 8.64. The Morgan fingerprint density at radius 1 is 0.415 bits per heavy atom. The van der Waals surface area contributed by atoms with Crippen molar-refractivity contribution in [2.45, 2.75) is 301 Å². The number of carbonyl (C=O) groups is 2. The van der Waals surface area contributed by atoms with Crippen molar-refractivity contribution in [1.29, 1.82) is 0 Å². The molecular formula is C51H99O13P. The van der Waals surface area contributed by atoms with E-state index in [1.165, 1.54) is 180 Å². The number of hydrogen-bond donors (Lipinski definition) is 6. The van der Waals surface area contributed by atoms with Crippen LogP contribution < -0.4 is 0 Å². The summed E-state index contributed by atoms with van der Waals surface area (Å²) in [5.74, 6) is -1.08. The highest BCUT2D eigenvalue weighted by atomic mass is 31.2. The van der Waals surface area contributed by atoms with Crippen LogP contribution in [0.5, 0.6) is 0 Å². The van der Waals surface area contributed by atoms with Crippen LogP contribution in [-0.4, -0.2) is 98.3 Å². The zero-order valence-electron chi connectivity index (χ0n) is 41.3. The Morgan fingerprint density at radius 2 is 0.692 bits per heavy atom. The molecule has 0 heterocycles. The van der Waals surface area contributed by atoms with Gasteiger partial charge in [-0.15, -0.1) is 0 Å². The van der Waals surface area contributed by atoms with Crippen molar-refractivity contribution in [3.63, 3.8) is 0 Å². The van der Waals surface area contributed by atoms with E-state index in [2.05, 4.69) is 13.8 Å². The molecule has 0 aromatic heterocycles. The van der Waals surface area contributed by atoms with Crippen LogP contribution in [0.1, 0.15) is 258 Å². The summed E-state index contributed by atoms with van der Waals surface area (Å²) in [6.45, 7) is 3.35. The maximum absolute atomic E-state index is 12.8. The van der Waals surface area contributed by atoms with Crippen LogP contribution >= 0.6 is 7.82 Å². The molecule has 1 aliphatic rings. The second kappa shape index (κ2) is 41.8. The van der Waals surface area contributed by atoms with Crippen molar-refractivity contribution in [3.05, 3.63) is 0 Å². The molecule has 0 saturated heterocycles. The van der Waals surface area contributed by atoms with E-state index in [9.17, 15) is 44.6 Å². The first-order chi connectivity index (χ1) is 31.4. The smallest absolute Gasteiger partial charge is 0.462 e. The van der Waals surface area contributed by atoms with Crippen LogP contribution in [0.4, 0.5) is 0 Å². The SMILES string of the molecule is CCCCCCCCCCCCCCCCCCCCCCCCCC(=O)OC(COC(=O)CCCCCCCCCCCCCCC)COP(=O)(O)OC1C(O)C(O)C(O)C(O)C1O. The van der Waals surface area contributed by atoms with Gasteiger partial charge >= 0.3 is 19.8 Å². The van der Waals surface area contributed by atoms with E-state index in [1.807, 2.05) is 0 Å². The molecule has 0 spiro atoms. The predicted molar refractivity (Wildman–Crippen MR) is 258 cm³/mol. The first-order valence-electron chi connectivity index (χ1n) is 26.8. The molecule has 0 radical (unpaired) electrons. The highest BCUT2D eigenvalue weighted by Crippen LogP contribution is 2.47.